The molecule has 6 heteroatoms. The van der Waals surface area contributed by atoms with Gasteiger partial charge in [0.1, 0.15) is 5.75 Å². The van der Waals surface area contributed by atoms with Crippen molar-refractivity contribution in [2.45, 2.75) is 0 Å². The third-order valence-electron chi connectivity index (χ3n) is 4.80. The number of hydrogen-bond acceptors (Lipinski definition) is 3. The van der Waals surface area contributed by atoms with Gasteiger partial charge in [-0.05, 0) is 85.0 Å². The van der Waals surface area contributed by atoms with Gasteiger partial charge in [-0.25, -0.2) is 9.97 Å². The van der Waals surface area contributed by atoms with E-state index in [9.17, 15) is 0 Å². The van der Waals surface area contributed by atoms with Crippen LogP contribution < -0.4 is 0 Å². The fourth-order valence-electron chi connectivity index (χ4n) is 3.37. The van der Waals surface area contributed by atoms with Crippen molar-refractivity contribution >= 4 is 46.4 Å². The molecule has 5 heterocycles. The van der Waals surface area contributed by atoms with E-state index in [0.29, 0.717) is 5.75 Å². The molecular formula is C26H20N4OZn. The average Bonchev–Trinajstić information content (AvgIpc) is 3.55. The number of aromatic nitrogens is 4. The quantitative estimate of drug-likeness (QED) is 0.237. The van der Waals surface area contributed by atoms with Gasteiger partial charge in [-0.2, -0.15) is 0 Å². The number of fused-ring (bicyclic) bond motifs is 8. The van der Waals surface area contributed by atoms with Crippen molar-refractivity contribution < 1.29 is 24.6 Å². The fourth-order valence-corrected chi connectivity index (χ4v) is 3.37. The monoisotopic (exact) mass is 468 g/mol. The second-order valence-corrected chi connectivity index (χ2v) is 7.24. The zero-order chi connectivity index (χ0) is 21.0. The second kappa shape index (κ2) is 9.59. The Labute approximate surface area is 198 Å². The summed E-state index contributed by atoms with van der Waals surface area (Å²) in [4.78, 5) is 16.0. The van der Waals surface area contributed by atoms with E-state index in [4.69, 9.17) is 5.11 Å². The maximum atomic E-state index is 8.63. The van der Waals surface area contributed by atoms with Gasteiger partial charge >= 0.3 is 0 Å². The third-order valence-corrected chi connectivity index (χ3v) is 4.80. The molecule has 8 bridgehead atoms. The van der Waals surface area contributed by atoms with Crippen LogP contribution >= 0.6 is 0 Å². The van der Waals surface area contributed by atoms with Gasteiger partial charge < -0.3 is 15.1 Å². The molecule has 0 saturated heterocycles. The zero-order valence-corrected chi connectivity index (χ0v) is 20.3. The zero-order valence-electron chi connectivity index (χ0n) is 17.4. The Morgan fingerprint density at radius 3 is 1.31 bits per heavy atom. The summed E-state index contributed by atoms with van der Waals surface area (Å²) in [5.41, 5.74) is 7.86. The number of phenolic OH excluding ortho intramolecular Hbond substituents is 1. The van der Waals surface area contributed by atoms with Gasteiger partial charge in [0.25, 0.3) is 0 Å². The van der Waals surface area contributed by atoms with Crippen LogP contribution in [0.15, 0.2) is 78.9 Å². The Kier molecular flexibility index (Phi) is 6.43. The predicted octanol–water partition coefficient (Wildman–Crippen LogP) is 6.05. The van der Waals surface area contributed by atoms with Gasteiger partial charge in [0, 0.05) is 41.5 Å². The normalized spacial score (nSPS) is 11.4. The van der Waals surface area contributed by atoms with E-state index in [1.807, 2.05) is 48.6 Å². The van der Waals surface area contributed by atoms with E-state index in [1.54, 1.807) is 24.3 Å². The van der Waals surface area contributed by atoms with E-state index in [-0.39, 0.29) is 19.5 Å². The number of phenols is 1. The minimum absolute atomic E-state index is 0. The van der Waals surface area contributed by atoms with Crippen molar-refractivity contribution in [3.63, 3.8) is 0 Å². The molecular weight excluding hydrogens is 450 g/mol. The molecule has 2 aliphatic heterocycles. The number of aromatic hydroxyl groups is 1. The van der Waals surface area contributed by atoms with Crippen LogP contribution in [-0.2, 0) is 19.5 Å². The summed E-state index contributed by atoms with van der Waals surface area (Å²) in [7, 11) is 0. The van der Waals surface area contributed by atoms with Crippen LogP contribution in [0.25, 0.3) is 46.4 Å². The maximum absolute atomic E-state index is 8.63. The van der Waals surface area contributed by atoms with Crippen molar-refractivity contribution in [3.8, 4) is 5.75 Å². The molecule has 0 saturated carbocycles. The Morgan fingerprint density at radius 2 is 0.906 bits per heavy atom. The van der Waals surface area contributed by atoms with Gasteiger partial charge in [0.2, 0.25) is 0 Å². The minimum Gasteiger partial charge on any atom is -0.508 e. The molecule has 5 nitrogen and oxygen atoms in total. The van der Waals surface area contributed by atoms with E-state index >= 15 is 0 Å². The molecule has 0 radical (unpaired) electrons. The van der Waals surface area contributed by atoms with E-state index in [2.05, 4.69) is 50.3 Å². The first-order valence-electron chi connectivity index (χ1n) is 9.98. The molecule has 4 aromatic rings. The SMILES string of the molecule is C1=Cc2cc3ccc(cc4ccc(cc5nc(cc1n2)C=C5)[nH]4)[nH]3.Oc1ccccc1.[Zn]. The third kappa shape index (κ3) is 5.29. The van der Waals surface area contributed by atoms with Crippen LogP contribution in [0.5, 0.6) is 5.75 Å². The number of hydrogen-bond donors (Lipinski definition) is 3. The number of rotatable bonds is 0. The van der Waals surface area contributed by atoms with Crippen LogP contribution in [0.2, 0.25) is 0 Å². The first kappa shape index (κ1) is 21.5. The Morgan fingerprint density at radius 1 is 0.500 bits per heavy atom. The summed E-state index contributed by atoms with van der Waals surface area (Å²) in [6, 6.07) is 25.1. The number of para-hydroxylation sites is 1. The number of benzene rings is 1. The van der Waals surface area contributed by atoms with Crippen LogP contribution in [0, 0.1) is 0 Å². The Hall–Kier alpha value is -3.76. The summed E-state index contributed by atoms with van der Waals surface area (Å²) in [5, 5.41) is 8.63. The second-order valence-electron chi connectivity index (χ2n) is 7.24. The number of nitrogens with zero attached hydrogens (tertiary/aromatic N) is 2. The molecule has 6 rings (SSSR count). The van der Waals surface area contributed by atoms with E-state index in [1.165, 1.54) is 0 Å². The fraction of sp³-hybridized carbons (Fsp3) is 0. The van der Waals surface area contributed by atoms with Crippen molar-refractivity contribution in [2.75, 3.05) is 0 Å². The van der Waals surface area contributed by atoms with Crippen molar-refractivity contribution in [2.24, 2.45) is 0 Å². The van der Waals surface area contributed by atoms with Gasteiger partial charge in [-0.3, -0.25) is 0 Å². The van der Waals surface area contributed by atoms with E-state index in [0.717, 1.165) is 44.8 Å². The van der Waals surface area contributed by atoms with Crippen molar-refractivity contribution in [1.82, 2.24) is 19.9 Å². The molecule has 3 aromatic heterocycles. The molecule has 32 heavy (non-hydrogen) atoms. The van der Waals surface area contributed by atoms with Crippen LogP contribution in [0.3, 0.4) is 0 Å². The molecule has 0 fully saturated rings. The van der Waals surface area contributed by atoms with Gasteiger partial charge in [-0.15, -0.1) is 0 Å². The molecule has 3 N–H and O–H groups in total. The summed E-state index contributed by atoms with van der Waals surface area (Å²) in [5.74, 6) is 0.322. The number of aromatic amines is 2. The molecule has 0 aliphatic carbocycles. The minimum atomic E-state index is 0. The van der Waals surface area contributed by atoms with Gasteiger partial charge in [0.05, 0.1) is 22.8 Å². The summed E-state index contributed by atoms with van der Waals surface area (Å²) in [6.45, 7) is 0. The van der Waals surface area contributed by atoms with Crippen molar-refractivity contribution in [1.29, 1.82) is 0 Å². The molecule has 0 atom stereocenters. The number of H-pyrrole nitrogens is 2. The molecule has 0 unspecified atom stereocenters. The smallest absolute Gasteiger partial charge is 0.115 e. The van der Waals surface area contributed by atoms with Gasteiger partial charge in [0.15, 0.2) is 0 Å². The largest absolute Gasteiger partial charge is 0.508 e. The maximum Gasteiger partial charge on any atom is 0.115 e. The first-order chi connectivity index (χ1) is 15.2. The predicted molar refractivity (Wildman–Crippen MR) is 127 cm³/mol. The summed E-state index contributed by atoms with van der Waals surface area (Å²) < 4.78 is 0. The molecule has 0 spiro atoms. The van der Waals surface area contributed by atoms with Crippen LogP contribution in [0.1, 0.15) is 22.8 Å². The number of nitrogens with one attached hydrogen (secondary N) is 2. The topological polar surface area (TPSA) is 77.6 Å². The standard InChI is InChI=1S/C20H14N4.C6H6O.Zn/c1-2-14-10-16-5-6-18(23-16)12-20-8-7-19(24-20)11-17-4-3-15(22-17)9-13(1)21-14;7-6-4-2-1-3-5-6;/h1-12,21-22H;1-5,7H;. The molecule has 1 aromatic carbocycles. The van der Waals surface area contributed by atoms with Crippen molar-refractivity contribution in [3.05, 3.63) is 102 Å². The first-order valence-corrected chi connectivity index (χ1v) is 9.98. The molecule has 0 amide bonds. The van der Waals surface area contributed by atoms with Gasteiger partial charge in [-0.1, -0.05) is 18.2 Å². The molecule has 2 aliphatic rings. The summed E-state index contributed by atoms with van der Waals surface area (Å²) >= 11 is 0. The Bertz CT molecular complexity index is 1360. The average molecular weight is 470 g/mol. The van der Waals surface area contributed by atoms with Crippen LogP contribution in [0.4, 0.5) is 0 Å². The molecule has 152 valence electrons. The summed E-state index contributed by atoms with van der Waals surface area (Å²) in [6.07, 6.45) is 8.05. The Balaban J connectivity index is 0.000000265. The van der Waals surface area contributed by atoms with E-state index < -0.39 is 0 Å². The van der Waals surface area contributed by atoms with Crippen LogP contribution in [-0.4, -0.2) is 25.0 Å².